The van der Waals surface area contributed by atoms with Gasteiger partial charge in [-0.3, -0.25) is 0 Å². The summed E-state index contributed by atoms with van der Waals surface area (Å²) in [5, 5.41) is 0. The molecule has 0 aliphatic rings. The summed E-state index contributed by atoms with van der Waals surface area (Å²) in [6.07, 6.45) is 2.89. The second kappa shape index (κ2) is 11.2. The van der Waals surface area contributed by atoms with E-state index in [1.54, 1.807) is 0 Å². The molecule has 0 unspecified atom stereocenters. The van der Waals surface area contributed by atoms with Crippen molar-refractivity contribution in [3.8, 4) is 0 Å². The van der Waals surface area contributed by atoms with E-state index in [0.29, 0.717) is 25.7 Å². The fourth-order valence-corrected chi connectivity index (χ4v) is 5.06. The first-order valence-corrected chi connectivity index (χ1v) is 10.7. The zero-order valence-electron chi connectivity index (χ0n) is 14.1. The third kappa shape index (κ3) is 6.80. The predicted molar refractivity (Wildman–Crippen MR) is 94.2 cm³/mol. The van der Waals surface area contributed by atoms with Crippen LogP contribution in [0.4, 0.5) is 0 Å². The molecule has 3 nitrogen and oxygen atoms in total. The Morgan fingerprint density at radius 2 is 1.18 bits per heavy atom. The molecule has 22 heavy (non-hydrogen) atoms. The lowest BCUT2D eigenvalue weighted by Crippen LogP contribution is -2.49. The lowest BCUT2D eigenvalue weighted by atomic mass is 10.2. The molecule has 0 saturated heterocycles. The summed E-state index contributed by atoms with van der Waals surface area (Å²) < 4.78 is 18.3. The van der Waals surface area contributed by atoms with Gasteiger partial charge in [0, 0.05) is 31.7 Å². The molecule has 0 heterocycles. The maximum atomic E-state index is 6.11. The van der Waals surface area contributed by atoms with Crippen LogP contribution in [-0.2, 0) is 25.2 Å². The molecule has 0 bridgehead atoms. The fraction of sp³-hybridized carbons (Fsp3) is 0.647. The van der Waals surface area contributed by atoms with Gasteiger partial charge in [-0.05, 0) is 30.4 Å². The first-order chi connectivity index (χ1) is 10.7. The Morgan fingerprint density at radius 1 is 0.773 bits per heavy atom. The highest BCUT2D eigenvalue weighted by Gasteiger charge is 2.41. The Morgan fingerprint density at radius 3 is 1.55 bits per heavy atom. The van der Waals surface area contributed by atoms with Crippen LogP contribution in [0.1, 0.15) is 51.2 Å². The van der Waals surface area contributed by atoms with Crippen LogP contribution in [0.15, 0.2) is 24.3 Å². The quantitative estimate of drug-likeness (QED) is 0.405. The summed E-state index contributed by atoms with van der Waals surface area (Å²) in [6, 6.07) is 9.02. The van der Waals surface area contributed by atoms with Crippen molar-refractivity contribution in [1.82, 2.24) is 0 Å². The molecule has 1 aromatic carbocycles. The molecule has 0 aliphatic heterocycles. The normalized spacial score (nSPS) is 11.8. The SMILES string of the molecule is CCCO[Si](Cc1ccc(CCl)cc1)(OCCC)OCCC. The van der Waals surface area contributed by atoms with Crippen molar-refractivity contribution in [2.75, 3.05) is 19.8 Å². The maximum absolute atomic E-state index is 6.11. The zero-order chi connectivity index (χ0) is 16.3. The summed E-state index contributed by atoms with van der Waals surface area (Å²) in [7, 11) is -2.66. The second-order valence-corrected chi connectivity index (χ2v) is 8.21. The van der Waals surface area contributed by atoms with Crippen molar-refractivity contribution >= 4 is 20.4 Å². The van der Waals surface area contributed by atoms with Gasteiger partial charge in [0.15, 0.2) is 0 Å². The van der Waals surface area contributed by atoms with Crippen LogP contribution in [0.5, 0.6) is 0 Å². The molecule has 0 fully saturated rings. The topological polar surface area (TPSA) is 27.7 Å². The molecule has 0 radical (unpaired) electrons. The third-order valence-corrected chi connectivity index (χ3v) is 6.26. The summed E-state index contributed by atoms with van der Waals surface area (Å²) in [5.41, 5.74) is 2.31. The minimum absolute atomic E-state index is 0.536. The monoisotopic (exact) mass is 344 g/mol. The minimum Gasteiger partial charge on any atom is -0.373 e. The highest BCUT2D eigenvalue weighted by Crippen LogP contribution is 2.19. The first-order valence-electron chi connectivity index (χ1n) is 8.25. The highest BCUT2D eigenvalue weighted by atomic mass is 35.5. The summed E-state index contributed by atoms with van der Waals surface area (Å²) in [5.74, 6) is 0.536. The van der Waals surface area contributed by atoms with Gasteiger partial charge in [0.05, 0.1) is 0 Å². The molecule has 126 valence electrons. The number of alkyl halides is 1. The lowest BCUT2D eigenvalue weighted by molar-refractivity contribution is 0.0583. The molecule has 1 aromatic rings. The van der Waals surface area contributed by atoms with E-state index in [4.69, 9.17) is 24.9 Å². The van der Waals surface area contributed by atoms with Crippen LogP contribution in [0, 0.1) is 0 Å². The van der Waals surface area contributed by atoms with E-state index in [1.165, 1.54) is 5.56 Å². The molecule has 0 N–H and O–H groups in total. The molecule has 0 spiro atoms. The Labute approximate surface area is 141 Å². The van der Waals surface area contributed by atoms with Crippen molar-refractivity contribution in [2.24, 2.45) is 0 Å². The molecule has 1 rings (SSSR count). The van der Waals surface area contributed by atoms with Gasteiger partial charge in [-0.25, -0.2) is 0 Å². The summed E-state index contributed by atoms with van der Waals surface area (Å²) in [6.45, 7) is 8.36. The van der Waals surface area contributed by atoms with E-state index in [-0.39, 0.29) is 0 Å². The van der Waals surface area contributed by atoms with Crippen LogP contribution in [0.2, 0.25) is 0 Å². The number of benzene rings is 1. The van der Waals surface area contributed by atoms with Gasteiger partial charge in [-0.2, -0.15) is 0 Å². The van der Waals surface area contributed by atoms with Crippen LogP contribution in [0.3, 0.4) is 0 Å². The Hall–Kier alpha value is -0.393. The average molecular weight is 345 g/mol. The maximum Gasteiger partial charge on any atom is 0.505 e. The summed E-state index contributed by atoms with van der Waals surface area (Å²) >= 11 is 5.85. The fourth-order valence-electron chi connectivity index (χ4n) is 2.05. The molecule has 5 heteroatoms. The molecule has 0 amide bonds. The molecule has 0 aromatic heterocycles. The van der Waals surface area contributed by atoms with Crippen molar-refractivity contribution < 1.29 is 13.3 Å². The highest BCUT2D eigenvalue weighted by molar-refractivity contribution is 6.60. The second-order valence-electron chi connectivity index (χ2n) is 5.36. The average Bonchev–Trinajstić information content (AvgIpc) is 2.56. The van der Waals surface area contributed by atoms with Gasteiger partial charge in [-0.15, -0.1) is 11.6 Å². The third-order valence-electron chi connectivity index (χ3n) is 3.18. The molecule has 0 atom stereocenters. The van der Waals surface area contributed by atoms with Gasteiger partial charge in [0.25, 0.3) is 0 Å². The Kier molecular flexibility index (Phi) is 10.00. The van der Waals surface area contributed by atoms with Crippen LogP contribution >= 0.6 is 11.6 Å². The van der Waals surface area contributed by atoms with Crippen molar-refractivity contribution in [2.45, 2.75) is 52.0 Å². The van der Waals surface area contributed by atoms with Gasteiger partial charge in [0.1, 0.15) is 0 Å². The predicted octanol–water partition coefficient (Wildman–Crippen LogP) is 4.73. The van der Waals surface area contributed by atoms with E-state index >= 15 is 0 Å². The molecular weight excluding hydrogens is 316 g/mol. The van der Waals surface area contributed by atoms with E-state index in [9.17, 15) is 0 Å². The largest absolute Gasteiger partial charge is 0.505 e. The number of hydrogen-bond donors (Lipinski definition) is 0. The van der Waals surface area contributed by atoms with Gasteiger partial charge >= 0.3 is 8.80 Å². The van der Waals surface area contributed by atoms with E-state index in [2.05, 4.69) is 45.0 Å². The Bertz CT molecular complexity index is 376. The smallest absolute Gasteiger partial charge is 0.373 e. The van der Waals surface area contributed by atoms with Gasteiger partial charge in [-0.1, -0.05) is 45.0 Å². The molecule has 0 aliphatic carbocycles. The molecular formula is C17H29ClO3Si. The summed E-state index contributed by atoms with van der Waals surface area (Å²) in [4.78, 5) is 0. The van der Waals surface area contributed by atoms with Crippen LogP contribution in [0.25, 0.3) is 0 Å². The van der Waals surface area contributed by atoms with Crippen molar-refractivity contribution in [3.63, 3.8) is 0 Å². The number of halogens is 1. The van der Waals surface area contributed by atoms with Gasteiger partial charge in [0.2, 0.25) is 0 Å². The van der Waals surface area contributed by atoms with Crippen molar-refractivity contribution in [3.05, 3.63) is 35.4 Å². The standard InChI is InChI=1S/C17H29ClO3Si/c1-4-11-19-22(20-12-5-2,21-13-6-3)15-17-9-7-16(14-18)8-10-17/h7-10H,4-6,11-15H2,1-3H3. The number of rotatable bonds is 12. The lowest BCUT2D eigenvalue weighted by Gasteiger charge is -2.29. The van der Waals surface area contributed by atoms with E-state index < -0.39 is 8.80 Å². The van der Waals surface area contributed by atoms with Crippen LogP contribution < -0.4 is 0 Å². The number of hydrogen-bond acceptors (Lipinski definition) is 3. The first kappa shape index (κ1) is 19.7. The van der Waals surface area contributed by atoms with E-state index in [1.807, 2.05) is 0 Å². The molecule has 0 saturated carbocycles. The van der Waals surface area contributed by atoms with Crippen molar-refractivity contribution in [1.29, 1.82) is 0 Å². The zero-order valence-corrected chi connectivity index (χ0v) is 15.8. The Balaban J connectivity index is 2.87. The minimum atomic E-state index is -2.66. The van der Waals surface area contributed by atoms with Crippen LogP contribution in [-0.4, -0.2) is 28.6 Å². The van der Waals surface area contributed by atoms with E-state index in [0.717, 1.165) is 30.9 Å². The van der Waals surface area contributed by atoms with Gasteiger partial charge < -0.3 is 13.3 Å².